The van der Waals surface area contributed by atoms with E-state index in [1.54, 1.807) is 6.07 Å². The van der Waals surface area contributed by atoms with Crippen molar-refractivity contribution in [1.82, 2.24) is 9.88 Å². The number of aromatic hydroxyl groups is 1. The van der Waals surface area contributed by atoms with Crippen LogP contribution in [0.1, 0.15) is 18.5 Å². The van der Waals surface area contributed by atoms with Crippen LogP contribution in [0.2, 0.25) is 0 Å². The predicted octanol–water partition coefficient (Wildman–Crippen LogP) is 1.40. The van der Waals surface area contributed by atoms with E-state index < -0.39 is 0 Å². The molecular formula is C12H18N2O2. The highest BCUT2D eigenvalue weighted by atomic mass is 16.5. The van der Waals surface area contributed by atoms with Gasteiger partial charge in [-0.25, -0.2) is 0 Å². The fourth-order valence-corrected chi connectivity index (χ4v) is 2.02. The van der Waals surface area contributed by atoms with Crippen LogP contribution in [-0.4, -0.2) is 41.3 Å². The second-order valence-electron chi connectivity index (χ2n) is 4.27. The van der Waals surface area contributed by atoms with Crippen molar-refractivity contribution in [3.8, 4) is 5.75 Å². The van der Waals surface area contributed by atoms with Crippen LogP contribution in [0.3, 0.4) is 0 Å². The number of aromatic nitrogens is 1. The molecular weight excluding hydrogens is 204 g/mol. The number of hydrogen-bond donors (Lipinski definition) is 1. The van der Waals surface area contributed by atoms with Crippen LogP contribution in [0.25, 0.3) is 0 Å². The molecule has 0 radical (unpaired) electrons. The van der Waals surface area contributed by atoms with Crippen molar-refractivity contribution in [3.63, 3.8) is 0 Å². The quantitative estimate of drug-likeness (QED) is 0.839. The van der Waals surface area contributed by atoms with E-state index in [9.17, 15) is 0 Å². The van der Waals surface area contributed by atoms with Gasteiger partial charge < -0.3 is 9.84 Å². The first-order chi connectivity index (χ1) is 7.75. The van der Waals surface area contributed by atoms with Crippen LogP contribution >= 0.6 is 0 Å². The van der Waals surface area contributed by atoms with Crippen molar-refractivity contribution in [2.45, 2.75) is 25.4 Å². The Balaban J connectivity index is 1.90. The fourth-order valence-electron chi connectivity index (χ4n) is 2.02. The van der Waals surface area contributed by atoms with Crippen LogP contribution in [0.5, 0.6) is 5.75 Å². The van der Waals surface area contributed by atoms with E-state index in [4.69, 9.17) is 9.84 Å². The monoisotopic (exact) mass is 222 g/mol. The molecule has 0 amide bonds. The Morgan fingerprint density at radius 3 is 2.81 bits per heavy atom. The third-order valence-electron chi connectivity index (χ3n) is 3.03. The summed E-state index contributed by atoms with van der Waals surface area (Å²) in [5.74, 6) is 0.220. The summed E-state index contributed by atoms with van der Waals surface area (Å²) in [5.41, 5.74) is 0.992. The number of rotatable bonds is 3. The number of ether oxygens (including phenoxy) is 1. The molecule has 0 atom stereocenters. The van der Waals surface area contributed by atoms with Gasteiger partial charge in [0.2, 0.25) is 0 Å². The molecule has 1 N–H and O–H groups in total. The Morgan fingerprint density at radius 1 is 1.44 bits per heavy atom. The average Bonchev–Trinajstić information content (AvgIpc) is 2.33. The molecule has 16 heavy (non-hydrogen) atoms. The molecule has 0 unspecified atom stereocenters. The summed E-state index contributed by atoms with van der Waals surface area (Å²) in [7, 11) is 2.12. The zero-order valence-electron chi connectivity index (χ0n) is 9.59. The lowest BCUT2D eigenvalue weighted by atomic mass is 10.1. The zero-order chi connectivity index (χ0) is 11.4. The molecule has 0 aliphatic carbocycles. The minimum absolute atomic E-state index is 0.220. The lowest BCUT2D eigenvalue weighted by molar-refractivity contribution is 0.0403. The smallest absolute Gasteiger partial charge is 0.133 e. The standard InChI is InChI=1S/C12H18N2O2/c1-14(11-4-6-16-7-5-11)9-10-2-3-12(15)8-13-10/h2-3,8,11,15H,4-7,9H2,1H3. The molecule has 1 fully saturated rings. The predicted molar refractivity (Wildman–Crippen MR) is 61.2 cm³/mol. The maximum absolute atomic E-state index is 9.15. The van der Waals surface area contributed by atoms with Gasteiger partial charge in [-0.3, -0.25) is 9.88 Å². The summed E-state index contributed by atoms with van der Waals surface area (Å²) in [5, 5.41) is 9.15. The molecule has 1 saturated heterocycles. The van der Waals surface area contributed by atoms with E-state index >= 15 is 0 Å². The highest BCUT2D eigenvalue weighted by Gasteiger charge is 2.18. The maximum Gasteiger partial charge on any atom is 0.133 e. The van der Waals surface area contributed by atoms with Crippen molar-refractivity contribution >= 4 is 0 Å². The molecule has 2 heterocycles. The number of nitrogens with zero attached hydrogens (tertiary/aromatic N) is 2. The molecule has 88 valence electrons. The lowest BCUT2D eigenvalue weighted by Crippen LogP contribution is -2.36. The summed E-state index contributed by atoms with van der Waals surface area (Å²) < 4.78 is 5.34. The van der Waals surface area contributed by atoms with Crippen molar-refractivity contribution in [3.05, 3.63) is 24.0 Å². The number of hydrogen-bond acceptors (Lipinski definition) is 4. The highest BCUT2D eigenvalue weighted by molar-refractivity contribution is 5.17. The molecule has 2 rings (SSSR count). The zero-order valence-corrected chi connectivity index (χ0v) is 9.59. The lowest BCUT2D eigenvalue weighted by Gasteiger charge is -2.30. The van der Waals surface area contributed by atoms with Gasteiger partial charge in [0.05, 0.1) is 11.9 Å². The van der Waals surface area contributed by atoms with Gasteiger partial charge in [-0.15, -0.1) is 0 Å². The van der Waals surface area contributed by atoms with Crippen molar-refractivity contribution in [2.24, 2.45) is 0 Å². The van der Waals surface area contributed by atoms with Gasteiger partial charge in [0.25, 0.3) is 0 Å². The Labute approximate surface area is 95.9 Å². The molecule has 0 spiro atoms. The van der Waals surface area contributed by atoms with E-state index in [2.05, 4.69) is 16.9 Å². The second-order valence-corrected chi connectivity index (χ2v) is 4.27. The van der Waals surface area contributed by atoms with E-state index in [0.717, 1.165) is 38.3 Å². The summed E-state index contributed by atoms with van der Waals surface area (Å²) in [6.45, 7) is 2.54. The van der Waals surface area contributed by atoms with Gasteiger partial charge >= 0.3 is 0 Å². The first-order valence-electron chi connectivity index (χ1n) is 5.67. The molecule has 0 aromatic carbocycles. The van der Waals surface area contributed by atoms with Crippen molar-refractivity contribution < 1.29 is 9.84 Å². The van der Waals surface area contributed by atoms with Gasteiger partial charge in [-0.1, -0.05) is 0 Å². The highest BCUT2D eigenvalue weighted by Crippen LogP contribution is 2.15. The Bertz CT molecular complexity index is 320. The number of pyridine rings is 1. The normalized spacial score (nSPS) is 17.9. The Morgan fingerprint density at radius 2 is 2.19 bits per heavy atom. The first-order valence-corrected chi connectivity index (χ1v) is 5.67. The van der Waals surface area contributed by atoms with E-state index in [-0.39, 0.29) is 5.75 Å². The van der Waals surface area contributed by atoms with E-state index in [1.165, 1.54) is 6.20 Å². The summed E-state index contributed by atoms with van der Waals surface area (Å²) in [6.07, 6.45) is 3.68. The fraction of sp³-hybridized carbons (Fsp3) is 0.583. The van der Waals surface area contributed by atoms with Crippen LogP contribution in [0.4, 0.5) is 0 Å². The van der Waals surface area contributed by atoms with Crippen molar-refractivity contribution in [2.75, 3.05) is 20.3 Å². The summed E-state index contributed by atoms with van der Waals surface area (Å²) in [4.78, 5) is 6.50. The second kappa shape index (κ2) is 5.27. The molecule has 4 nitrogen and oxygen atoms in total. The minimum atomic E-state index is 0.220. The average molecular weight is 222 g/mol. The van der Waals surface area contributed by atoms with Crippen LogP contribution in [0, 0.1) is 0 Å². The molecule has 1 aromatic rings. The third-order valence-corrected chi connectivity index (χ3v) is 3.03. The van der Waals surface area contributed by atoms with Crippen LogP contribution < -0.4 is 0 Å². The molecule has 0 saturated carbocycles. The Kier molecular flexibility index (Phi) is 3.74. The van der Waals surface area contributed by atoms with E-state index in [1.807, 2.05) is 6.07 Å². The molecule has 0 bridgehead atoms. The largest absolute Gasteiger partial charge is 0.506 e. The SMILES string of the molecule is CN(Cc1ccc(O)cn1)C1CCOCC1. The van der Waals surface area contributed by atoms with Gasteiger partial charge in [-0.2, -0.15) is 0 Å². The molecule has 4 heteroatoms. The van der Waals surface area contributed by atoms with Gasteiger partial charge in [0.15, 0.2) is 0 Å². The van der Waals surface area contributed by atoms with E-state index in [0.29, 0.717) is 6.04 Å². The maximum atomic E-state index is 9.15. The van der Waals surface area contributed by atoms with Crippen LogP contribution in [-0.2, 0) is 11.3 Å². The van der Waals surface area contributed by atoms with Gasteiger partial charge in [0.1, 0.15) is 5.75 Å². The van der Waals surface area contributed by atoms with Crippen LogP contribution in [0.15, 0.2) is 18.3 Å². The van der Waals surface area contributed by atoms with Crippen molar-refractivity contribution in [1.29, 1.82) is 0 Å². The molecule has 1 aliphatic heterocycles. The van der Waals surface area contributed by atoms with Gasteiger partial charge in [-0.05, 0) is 32.0 Å². The minimum Gasteiger partial charge on any atom is -0.506 e. The Hall–Kier alpha value is -1.13. The van der Waals surface area contributed by atoms with Gasteiger partial charge in [0, 0.05) is 25.8 Å². The molecule has 1 aromatic heterocycles. The first kappa shape index (κ1) is 11.4. The third kappa shape index (κ3) is 2.93. The summed E-state index contributed by atoms with van der Waals surface area (Å²) >= 11 is 0. The summed E-state index contributed by atoms with van der Waals surface area (Å²) in [6, 6.07) is 4.13. The molecule has 1 aliphatic rings. The topological polar surface area (TPSA) is 45.6 Å².